The summed E-state index contributed by atoms with van der Waals surface area (Å²) in [6, 6.07) is 1.29. The number of rotatable bonds is 5. The molecule has 20 heavy (non-hydrogen) atoms. The minimum absolute atomic E-state index is 0.161. The summed E-state index contributed by atoms with van der Waals surface area (Å²) < 4.78 is 50.4. The van der Waals surface area contributed by atoms with E-state index in [1.807, 2.05) is 0 Å². The highest BCUT2D eigenvalue weighted by Gasteiger charge is 2.34. The van der Waals surface area contributed by atoms with Gasteiger partial charge in [0.05, 0.1) is 32.0 Å². The number of aromatic nitrogens is 1. The third-order valence-electron chi connectivity index (χ3n) is 2.18. The van der Waals surface area contributed by atoms with E-state index in [1.54, 1.807) is 0 Å². The lowest BCUT2D eigenvalue weighted by Gasteiger charge is -2.16. The third kappa shape index (κ3) is 4.55. The zero-order valence-corrected chi connectivity index (χ0v) is 12.2. The predicted molar refractivity (Wildman–Crippen MR) is 65.8 cm³/mol. The fourth-order valence-corrected chi connectivity index (χ4v) is 1.68. The van der Waals surface area contributed by atoms with Crippen LogP contribution in [-0.4, -0.2) is 31.5 Å². The fourth-order valence-electron chi connectivity index (χ4n) is 1.39. The number of ether oxygens (including phenoxy) is 3. The van der Waals surface area contributed by atoms with Crippen molar-refractivity contribution in [3.8, 4) is 11.5 Å². The van der Waals surface area contributed by atoms with Crippen molar-refractivity contribution in [2.45, 2.75) is 18.1 Å². The van der Waals surface area contributed by atoms with Crippen molar-refractivity contribution < 1.29 is 32.2 Å². The maximum Gasteiger partial charge on any atom is 0.573 e. The Kier molecular flexibility index (Phi) is 5.61. The van der Waals surface area contributed by atoms with Crippen LogP contribution in [0.4, 0.5) is 13.2 Å². The number of methoxy groups -OCH3 is 2. The summed E-state index contributed by atoms with van der Waals surface area (Å²) in [5, 5.41) is 0.282. The van der Waals surface area contributed by atoms with Gasteiger partial charge in [0.15, 0.2) is 11.5 Å². The zero-order valence-electron chi connectivity index (χ0n) is 10.6. The minimum atomic E-state index is -4.92. The average Bonchev–Trinajstić information content (AvgIpc) is 2.38. The second kappa shape index (κ2) is 6.78. The summed E-state index contributed by atoms with van der Waals surface area (Å²) in [6.45, 7) is 0. The van der Waals surface area contributed by atoms with E-state index in [1.165, 1.54) is 13.2 Å². The number of nitrogens with zero attached hydrogens (tertiary/aromatic N) is 1. The molecule has 0 N–H and O–H groups in total. The second-order valence-corrected chi connectivity index (χ2v) is 4.09. The van der Waals surface area contributed by atoms with Crippen LogP contribution in [0, 0.1) is 0 Å². The summed E-state index contributed by atoms with van der Waals surface area (Å²) >= 11 is 3.13. The van der Waals surface area contributed by atoms with Crippen molar-refractivity contribution in [1.82, 2.24) is 4.98 Å². The van der Waals surface area contributed by atoms with Gasteiger partial charge in [-0.2, -0.15) is 0 Å². The van der Waals surface area contributed by atoms with Gasteiger partial charge in [0.2, 0.25) is 0 Å². The van der Waals surface area contributed by atoms with Gasteiger partial charge in [-0.25, -0.2) is 0 Å². The van der Waals surface area contributed by atoms with Crippen LogP contribution < -0.4 is 9.47 Å². The molecule has 0 saturated heterocycles. The summed E-state index contributed by atoms with van der Waals surface area (Å²) in [5.74, 6) is -1.54. The highest BCUT2D eigenvalue weighted by molar-refractivity contribution is 9.08. The van der Waals surface area contributed by atoms with Crippen LogP contribution in [0.3, 0.4) is 0 Å². The van der Waals surface area contributed by atoms with Crippen LogP contribution in [0.5, 0.6) is 11.5 Å². The molecule has 0 aliphatic heterocycles. The normalized spacial score (nSPS) is 11.1. The van der Waals surface area contributed by atoms with Crippen molar-refractivity contribution in [2.24, 2.45) is 0 Å². The van der Waals surface area contributed by atoms with Crippen LogP contribution in [0.2, 0.25) is 0 Å². The van der Waals surface area contributed by atoms with E-state index in [0.29, 0.717) is 5.69 Å². The zero-order chi connectivity index (χ0) is 15.3. The van der Waals surface area contributed by atoms with Gasteiger partial charge in [-0.1, -0.05) is 15.9 Å². The first-order valence-electron chi connectivity index (χ1n) is 5.26. The Labute approximate surface area is 121 Å². The Morgan fingerprint density at radius 3 is 2.50 bits per heavy atom. The van der Waals surface area contributed by atoms with Gasteiger partial charge in [-0.15, -0.1) is 13.2 Å². The molecule has 1 aromatic rings. The highest BCUT2D eigenvalue weighted by Crippen LogP contribution is 2.36. The van der Waals surface area contributed by atoms with Gasteiger partial charge in [-0.05, 0) is 0 Å². The van der Waals surface area contributed by atoms with Crippen molar-refractivity contribution in [3.63, 3.8) is 0 Å². The largest absolute Gasteiger partial charge is 0.573 e. The molecule has 0 radical (unpaired) electrons. The number of hydrogen-bond acceptors (Lipinski definition) is 5. The van der Waals surface area contributed by atoms with E-state index in [-0.39, 0.29) is 16.8 Å². The van der Waals surface area contributed by atoms with Gasteiger partial charge < -0.3 is 14.2 Å². The summed E-state index contributed by atoms with van der Waals surface area (Å²) in [4.78, 5) is 15.2. The first-order valence-corrected chi connectivity index (χ1v) is 6.38. The Balaban J connectivity index is 3.30. The maximum absolute atomic E-state index is 12.4. The number of carbonyl (C=O) groups excluding carboxylic acids is 1. The first kappa shape index (κ1) is 16.5. The SMILES string of the molecule is COC(=O)Cc1nc(CBr)cc(OC)c1OC(F)(F)F. The summed E-state index contributed by atoms with van der Waals surface area (Å²) in [7, 11) is 2.32. The van der Waals surface area contributed by atoms with E-state index in [2.05, 4.69) is 30.4 Å². The van der Waals surface area contributed by atoms with Crippen LogP contribution in [0.1, 0.15) is 11.4 Å². The molecule has 1 aromatic heterocycles. The lowest BCUT2D eigenvalue weighted by atomic mass is 10.2. The van der Waals surface area contributed by atoms with E-state index < -0.39 is 24.5 Å². The molecule has 0 atom stereocenters. The van der Waals surface area contributed by atoms with Crippen LogP contribution in [0.25, 0.3) is 0 Å². The van der Waals surface area contributed by atoms with E-state index in [0.717, 1.165) is 7.11 Å². The monoisotopic (exact) mass is 357 g/mol. The Morgan fingerprint density at radius 2 is 2.05 bits per heavy atom. The number of hydrogen-bond donors (Lipinski definition) is 0. The Morgan fingerprint density at radius 1 is 1.40 bits per heavy atom. The molecule has 0 unspecified atom stereocenters. The smallest absolute Gasteiger partial charge is 0.493 e. The molecule has 1 rings (SSSR count). The lowest BCUT2D eigenvalue weighted by molar-refractivity contribution is -0.275. The van der Waals surface area contributed by atoms with Crippen molar-refractivity contribution in [1.29, 1.82) is 0 Å². The molecule has 0 aliphatic rings. The average molecular weight is 358 g/mol. The third-order valence-corrected chi connectivity index (χ3v) is 2.75. The topological polar surface area (TPSA) is 57.7 Å². The fraction of sp³-hybridized carbons (Fsp3) is 0.455. The van der Waals surface area contributed by atoms with Crippen LogP contribution in [-0.2, 0) is 21.3 Å². The van der Waals surface area contributed by atoms with Crippen molar-refractivity contribution in [3.05, 3.63) is 17.5 Å². The molecule has 0 saturated carbocycles. The minimum Gasteiger partial charge on any atom is -0.493 e. The van der Waals surface area contributed by atoms with Gasteiger partial charge in [0, 0.05) is 11.4 Å². The second-order valence-electron chi connectivity index (χ2n) is 3.53. The number of alkyl halides is 4. The van der Waals surface area contributed by atoms with Gasteiger partial charge >= 0.3 is 12.3 Å². The Hall–Kier alpha value is -1.51. The van der Waals surface area contributed by atoms with Crippen molar-refractivity contribution in [2.75, 3.05) is 14.2 Å². The van der Waals surface area contributed by atoms with E-state index in [9.17, 15) is 18.0 Å². The summed E-state index contributed by atoms with van der Waals surface area (Å²) in [6.07, 6.45) is -5.38. The standard InChI is InChI=1S/C11H11BrF3NO4/c1-18-8-3-6(5-12)16-7(4-9(17)19-2)10(8)20-11(13,14)15/h3H,4-5H2,1-2H3. The van der Waals surface area contributed by atoms with Crippen LogP contribution >= 0.6 is 15.9 Å². The van der Waals surface area contributed by atoms with E-state index in [4.69, 9.17) is 4.74 Å². The molecule has 1 heterocycles. The molecule has 0 aromatic carbocycles. The molecule has 0 amide bonds. The van der Waals surface area contributed by atoms with Gasteiger partial charge in [0.25, 0.3) is 0 Å². The number of pyridine rings is 1. The number of halogens is 4. The van der Waals surface area contributed by atoms with E-state index >= 15 is 0 Å². The molecule has 0 bridgehead atoms. The van der Waals surface area contributed by atoms with Crippen molar-refractivity contribution >= 4 is 21.9 Å². The maximum atomic E-state index is 12.4. The van der Waals surface area contributed by atoms with Gasteiger partial charge in [0.1, 0.15) is 0 Å². The van der Waals surface area contributed by atoms with Gasteiger partial charge in [-0.3, -0.25) is 9.78 Å². The molecular formula is C11H11BrF3NO4. The molecule has 0 spiro atoms. The molecule has 5 nitrogen and oxygen atoms in total. The molecule has 0 aliphatic carbocycles. The quantitative estimate of drug-likeness (QED) is 0.598. The number of carbonyl (C=O) groups is 1. The Bertz CT molecular complexity index is 493. The van der Waals surface area contributed by atoms with Crippen LogP contribution in [0.15, 0.2) is 6.07 Å². The summed E-state index contributed by atoms with van der Waals surface area (Å²) in [5.41, 5.74) is 0.193. The first-order chi connectivity index (χ1) is 9.30. The molecule has 112 valence electrons. The predicted octanol–water partition coefficient (Wildman–Crippen LogP) is 2.60. The number of esters is 1. The molecular weight excluding hydrogens is 347 g/mol. The molecule has 0 fully saturated rings. The highest BCUT2D eigenvalue weighted by atomic mass is 79.9. The molecule has 9 heteroatoms. The lowest BCUT2D eigenvalue weighted by Crippen LogP contribution is -2.20.